The SMILES string of the molecule is Cc1cc(C(=O)Nc2cccc3c2O[C@H](CN(C)Cc2ccc4c(c2)OCO4)[C@@H](C)CN([C@@H](C)CO)C3=O)n(C)n1. The number of nitrogens with one attached hydrogen (secondary N) is 1. The normalized spacial score (nSPS) is 18.9. The van der Waals surface area contributed by atoms with Gasteiger partial charge in [-0.1, -0.05) is 19.1 Å². The van der Waals surface area contributed by atoms with Gasteiger partial charge in [0.2, 0.25) is 6.79 Å². The number of rotatable bonds is 8. The third-order valence-electron chi connectivity index (χ3n) is 7.56. The molecule has 3 atom stereocenters. The quantitative estimate of drug-likeness (QED) is 0.430. The molecular formula is C30H37N5O6. The Morgan fingerprint density at radius 1 is 1.22 bits per heavy atom. The van der Waals surface area contributed by atoms with E-state index < -0.39 is 6.04 Å². The largest absolute Gasteiger partial charge is 0.486 e. The minimum Gasteiger partial charge on any atom is -0.486 e. The van der Waals surface area contributed by atoms with Gasteiger partial charge in [0.25, 0.3) is 11.8 Å². The Bertz CT molecular complexity index is 1440. The molecule has 5 rings (SSSR count). The Labute approximate surface area is 239 Å². The zero-order valence-corrected chi connectivity index (χ0v) is 24.1. The molecule has 0 unspecified atom stereocenters. The summed E-state index contributed by atoms with van der Waals surface area (Å²) < 4.78 is 19.1. The lowest BCUT2D eigenvalue weighted by Crippen LogP contribution is -2.49. The van der Waals surface area contributed by atoms with Crippen molar-refractivity contribution in [2.45, 2.75) is 39.5 Å². The molecule has 1 aromatic heterocycles. The van der Waals surface area contributed by atoms with Crippen LogP contribution in [0.25, 0.3) is 0 Å². The fourth-order valence-electron chi connectivity index (χ4n) is 5.29. The van der Waals surface area contributed by atoms with Crippen LogP contribution in [-0.4, -0.2) is 82.2 Å². The first kappa shape index (κ1) is 28.4. The summed E-state index contributed by atoms with van der Waals surface area (Å²) in [5.41, 5.74) is 2.91. The topological polar surface area (TPSA) is 118 Å². The summed E-state index contributed by atoms with van der Waals surface area (Å²) >= 11 is 0. The molecule has 0 fully saturated rings. The summed E-state index contributed by atoms with van der Waals surface area (Å²) in [6.07, 6.45) is -0.328. The highest BCUT2D eigenvalue weighted by Gasteiger charge is 2.35. The number of aryl methyl sites for hydroxylation is 2. The van der Waals surface area contributed by atoms with Crippen molar-refractivity contribution >= 4 is 17.5 Å². The van der Waals surface area contributed by atoms with Crippen molar-refractivity contribution in [2.75, 3.05) is 38.9 Å². The molecule has 0 aliphatic carbocycles. The molecule has 0 saturated heterocycles. The van der Waals surface area contributed by atoms with Gasteiger partial charge in [0.1, 0.15) is 11.8 Å². The average Bonchev–Trinajstić information content (AvgIpc) is 3.55. The number of para-hydroxylation sites is 1. The van der Waals surface area contributed by atoms with Gasteiger partial charge in [-0.2, -0.15) is 5.10 Å². The van der Waals surface area contributed by atoms with Gasteiger partial charge in [0.15, 0.2) is 17.2 Å². The third-order valence-corrected chi connectivity index (χ3v) is 7.56. The monoisotopic (exact) mass is 563 g/mol. The Kier molecular flexibility index (Phi) is 8.18. The molecule has 3 heterocycles. The molecule has 0 spiro atoms. The maximum absolute atomic E-state index is 13.7. The lowest BCUT2D eigenvalue weighted by Gasteiger charge is -2.38. The Balaban J connectivity index is 1.44. The zero-order chi connectivity index (χ0) is 29.3. The van der Waals surface area contributed by atoms with Crippen LogP contribution in [0.1, 0.15) is 46.0 Å². The maximum Gasteiger partial charge on any atom is 0.274 e. The molecule has 11 heteroatoms. The Morgan fingerprint density at radius 2 is 2.00 bits per heavy atom. The second kappa shape index (κ2) is 11.8. The number of aliphatic hydroxyl groups is 1. The summed E-state index contributed by atoms with van der Waals surface area (Å²) in [5.74, 6) is 1.09. The lowest BCUT2D eigenvalue weighted by atomic mass is 9.98. The smallest absolute Gasteiger partial charge is 0.274 e. The van der Waals surface area contributed by atoms with E-state index in [1.165, 1.54) is 4.68 Å². The van der Waals surface area contributed by atoms with Gasteiger partial charge in [-0.15, -0.1) is 0 Å². The van der Waals surface area contributed by atoms with Crippen molar-refractivity contribution in [3.8, 4) is 17.2 Å². The molecule has 0 bridgehead atoms. The van der Waals surface area contributed by atoms with E-state index >= 15 is 0 Å². The highest BCUT2D eigenvalue weighted by atomic mass is 16.7. The number of ether oxygens (including phenoxy) is 3. The number of benzene rings is 2. The average molecular weight is 564 g/mol. The summed E-state index contributed by atoms with van der Waals surface area (Å²) in [7, 11) is 3.72. The summed E-state index contributed by atoms with van der Waals surface area (Å²) in [4.78, 5) is 30.8. The van der Waals surface area contributed by atoms with Crippen LogP contribution in [0, 0.1) is 12.8 Å². The Hall–Kier alpha value is -4.09. The van der Waals surface area contributed by atoms with Crippen LogP contribution in [0.4, 0.5) is 5.69 Å². The fourth-order valence-corrected chi connectivity index (χ4v) is 5.29. The number of aliphatic hydroxyl groups excluding tert-OH is 1. The van der Waals surface area contributed by atoms with Gasteiger partial charge in [0.05, 0.1) is 29.6 Å². The molecule has 2 aliphatic rings. The van der Waals surface area contributed by atoms with Crippen molar-refractivity contribution in [1.29, 1.82) is 0 Å². The number of likely N-dealkylation sites (N-methyl/N-ethyl adjacent to an activating group) is 1. The van der Waals surface area contributed by atoms with Crippen molar-refractivity contribution in [3.05, 3.63) is 65.0 Å². The fraction of sp³-hybridized carbons (Fsp3) is 0.433. The maximum atomic E-state index is 13.7. The number of nitrogens with zero attached hydrogens (tertiary/aromatic N) is 4. The van der Waals surface area contributed by atoms with Gasteiger partial charge < -0.3 is 29.5 Å². The van der Waals surface area contributed by atoms with Gasteiger partial charge in [0, 0.05) is 32.6 Å². The first-order chi connectivity index (χ1) is 19.6. The highest BCUT2D eigenvalue weighted by Crippen LogP contribution is 2.36. The molecule has 218 valence electrons. The van der Waals surface area contributed by atoms with Gasteiger partial charge in [-0.05, 0) is 56.8 Å². The molecule has 11 nitrogen and oxygen atoms in total. The molecular weight excluding hydrogens is 526 g/mol. The third kappa shape index (κ3) is 6.01. The molecule has 0 saturated carbocycles. The molecule has 0 radical (unpaired) electrons. The predicted octanol–water partition coefficient (Wildman–Crippen LogP) is 3.06. The van der Waals surface area contributed by atoms with E-state index in [-0.39, 0.29) is 37.2 Å². The van der Waals surface area contributed by atoms with Gasteiger partial charge in [-0.3, -0.25) is 19.2 Å². The van der Waals surface area contributed by atoms with Crippen LogP contribution in [0.15, 0.2) is 42.5 Å². The van der Waals surface area contributed by atoms with Crippen molar-refractivity contribution in [2.24, 2.45) is 13.0 Å². The minimum absolute atomic E-state index is 0.0798. The van der Waals surface area contributed by atoms with Crippen molar-refractivity contribution in [3.63, 3.8) is 0 Å². The van der Waals surface area contributed by atoms with E-state index in [1.54, 1.807) is 36.2 Å². The van der Waals surface area contributed by atoms with Crippen LogP contribution in [0.2, 0.25) is 0 Å². The van der Waals surface area contributed by atoms with E-state index in [4.69, 9.17) is 14.2 Å². The Morgan fingerprint density at radius 3 is 2.73 bits per heavy atom. The predicted molar refractivity (Wildman–Crippen MR) is 152 cm³/mol. The highest BCUT2D eigenvalue weighted by molar-refractivity contribution is 6.06. The van der Waals surface area contributed by atoms with Crippen LogP contribution >= 0.6 is 0 Å². The molecule has 2 aromatic carbocycles. The number of amides is 2. The molecule has 2 N–H and O–H groups in total. The number of anilines is 1. The van der Waals surface area contributed by atoms with Crippen LogP contribution in [0.3, 0.4) is 0 Å². The number of aromatic nitrogens is 2. The van der Waals surface area contributed by atoms with E-state index in [0.29, 0.717) is 42.3 Å². The number of hydrogen-bond acceptors (Lipinski definition) is 8. The van der Waals surface area contributed by atoms with E-state index in [9.17, 15) is 14.7 Å². The number of carbonyl (C=O) groups excluding carboxylic acids is 2. The van der Waals surface area contributed by atoms with Crippen molar-refractivity contribution in [1.82, 2.24) is 19.6 Å². The summed E-state index contributed by atoms with van der Waals surface area (Å²) in [5, 5.41) is 17.2. The second-order valence-corrected chi connectivity index (χ2v) is 10.9. The minimum atomic E-state index is -0.390. The summed E-state index contributed by atoms with van der Waals surface area (Å²) in [6.45, 7) is 7.34. The standard InChI is InChI=1S/C30H37N5O6/c1-18-13-35(20(3)16-36)30(38)22-7-6-8-23(31-29(37)24-11-19(2)32-34(24)5)28(22)41-27(18)15-33(4)14-21-9-10-25-26(12-21)40-17-39-25/h6-12,18,20,27,36H,13-17H2,1-5H3,(H,31,37)/t18-,20-,27+/m0/s1. The van der Waals surface area contributed by atoms with Crippen LogP contribution in [-0.2, 0) is 13.6 Å². The van der Waals surface area contributed by atoms with E-state index in [0.717, 1.165) is 22.8 Å². The molecule has 2 aliphatic heterocycles. The number of hydrogen-bond donors (Lipinski definition) is 2. The van der Waals surface area contributed by atoms with Crippen LogP contribution in [0.5, 0.6) is 17.2 Å². The first-order valence-electron chi connectivity index (χ1n) is 13.7. The van der Waals surface area contributed by atoms with Crippen molar-refractivity contribution < 1.29 is 28.9 Å². The van der Waals surface area contributed by atoms with Crippen LogP contribution < -0.4 is 19.5 Å². The number of carbonyl (C=O) groups is 2. The van der Waals surface area contributed by atoms with Gasteiger partial charge in [-0.25, -0.2) is 0 Å². The molecule has 3 aromatic rings. The molecule has 41 heavy (non-hydrogen) atoms. The lowest BCUT2D eigenvalue weighted by molar-refractivity contribution is 0.0343. The first-order valence-corrected chi connectivity index (χ1v) is 13.7. The zero-order valence-electron chi connectivity index (χ0n) is 24.1. The second-order valence-electron chi connectivity index (χ2n) is 10.9. The van der Waals surface area contributed by atoms with Gasteiger partial charge >= 0.3 is 0 Å². The number of fused-ring (bicyclic) bond motifs is 2. The molecule has 2 amide bonds. The summed E-state index contributed by atoms with van der Waals surface area (Å²) in [6, 6.07) is 12.4. The van der Waals surface area contributed by atoms with E-state index in [2.05, 4.69) is 15.3 Å². The van der Waals surface area contributed by atoms with E-state index in [1.807, 2.05) is 46.0 Å².